The lowest BCUT2D eigenvalue weighted by molar-refractivity contribution is -0.146. The minimum Gasteiger partial charge on any atom is -0.479 e. The molecular weight excluding hydrogens is 721 g/mol. The van der Waals surface area contributed by atoms with Crippen molar-refractivity contribution < 1.29 is 29.0 Å². The van der Waals surface area contributed by atoms with Crippen LogP contribution in [-0.2, 0) is 23.9 Å². The molecule has 6 unspecified atom stereocenters. The average Bonchev–Trinajstić information content (AvgIpc) is 3.66. The van der Waals surface area contributed by atoms with Crippen LogP contribution in [0.1, 0.15) is 109 Å². The Hall–Kier alpha value is -2.27. The fourth-order valence-corrected chi connectivity index (χ4v) is 12.1. The Morgan fingerprint density at radius 1 is 0.945 bits per heavy atom. The molecule has 0 bridgehead atoms. The van der Waals surface area contributed by atoms with E-state index in [9.17, 15) is 24.3 Å². The summed E-state index contributed by atoms with van der Waals surface area (Å²) in [6.07, 6.45) is 19.5. The van der Waals surface area contributed by atoms with Crippen molar-refractivity contribution in [3.8, 4) is 0 Å². The number of hydrazine groups is 2. The first-order valence-electron chi connectivity index (χ1n) is 21.5. The third-order valence-electron chi connectivity index (χ3n) is 14.4. The van der Waals surface area contributed by atoms with Crippen LogP contribution in [0.3, 0.4) is 0 Å². The van der Waals surface area contributed by atoms with Gasteiger partial charge < -0.3 is 36.0 Å². The lowest BCUT2D eigenvalue weighted by Gasteiger charge is -2.40. The number of hydrogen-bond donors (Lipinski definition) is 7. The molecule has 7 N–H and O–H groups in total. The van der Waals surface area contributed by atoms with E-state index in [1.165, 1.54) is 19.3 Å². The summed E-state index contributed by atoms with van der Waals surface area (Å²) in [5.41, 5.74) is 6.25. The molecule has 5 aliphatic heterocycles. The summed E-state index contributed by atoms with van der Waals surface area (Å²) in [5, 5.41) is 26.1. The summed E-state index contributed by atoms with van der Waals surface area (Å²) in [5.74, 6) is -0.0577. The molecule has 0 radical (unpaired) electrons. The maximum Gasteiger partial charge on any atom is 0.330 e. The highest BCUT2D eigenvalue weighted by Crippen LogP contribution is 2.46. The number of carboxylic acids is 1. The Morgan fingerprint density at radius 2 is 1.73 bits per heavy atom. The Balaban J connectivity index is 1.03. The van der Waals surface area contributed by atoms with Gasteiger partial charge in [0.15, 0.2) is 0 Å². The van der Waals surface area contributed by atoms with Crippen molar-refractivity contribution in [3.05, 3.63) is 12.2 Å². The van der Waals surface area contributed by atoms with E-state index in [0.29, 0.717) is 43.2 Å². The van der Waals surface area contributed by atoms with Gasteiger partial charge in [-0.15, -0.1) is 11.8 Å². The SMILES string of the molecule is COC1CCC(C2NN([C@H]3C[C@H]4C(=O)N[C@@]5(C(=O)O)C[C@H]5/C=C\CCCCC[C@@H](NC(=O)C5CCC6CCCCC6N5)C(=O)N4C3)NC2C2NCCS2)CC1. The molecule has 5 heterocycles. The van der Waals surface area contributed by atoms with Crippen LogP contribution in [0.25, 0.3) is 0 Å². The molecule has 14 nitrogen and oxygen atoms in total. The standard InChI is InChI=1S/C40H64N8O6S/c1-54-28-16-13-25(14-17-28)33-34(37-41-19-20-55-37)46-48(45-33)27-21-32-36(50)44-40(39(52)53)22-26(40)10-5-3-2-4-6-12-31(38(51)47(32)23-27)43-35(49)30-18-15-24-9-7-8-11-29(24)42-30/h5,10,24-34,37,41-42,45-46H,2-4,6-9,11-23H2,1H3,(H,43,49)(H,44,50)(H,52,53)/b10-5-/t24?,25?,26-,27+,28?,29?,30?,31-,32+,33?,34?,37?,40+/m1/s1. The van der Waals surface area contributed by atoms with Gasteiger partial charge in [-0.05, 0) is 95.3 Å². The number of piperidine rings is 1. The molecule has 15 heteroatoms. The first kappa shape index (κ1) is 39.6. The highest BCUT2D eigenvalue weighted by Gasteiger charge is 2.62. The van der Waals surface area contributed by atoms with Crippen molar-refractivity contribution in [2.45, 2.75) is 168 Å². The van der Waals surface area contributed by atoms with Gasteiger partial charge in [0.1, 0.15) is 17.6 Å². The molecule has 11 atom stereocenters. The molecule has 55 heavy (non-hydrogen) atoms. The minimum absolute atomic E-state index is 0.118. The number of nitrogens with zero attached hydrogens (tertiary/aromatic N) is 2. The number of carboxylic acid groups (broad SMARTS) is 1. The summed E-state index contributed by atoms with van der Waals surface area (Å²) in [4.78, 5) is 57.5. The van der Waals surface area contributed by atoms with E-state index in [-0.39, 0.29) is 53.8 Å². The predicted molar refractivity (Wildman–Crippen MR) is 209 cm³/mol. The zero-order chi connectivity index (χ0) is 38.1. The van der Waals surface area contributed by atoms with Crippen LogP contribution in [0.15, 0.2) is 12.2 Å². The van der Waals surface area contributed by atoms with E-state index in [1.807, 2.05) is 23.9 Å². The molecule has 3 saturated carbocycles. The Labute approximate surface area is 330 Å². The molecule has 7 fully saturated rings. The molecule has 0 spiro atoms. The number of amides is 3. The molecular formula is C40H64N8O6S. The van der Waals surface area contributed by atoms with E-state index in [4.69, 9.17) is 4.74 Å². The molecule has 4 saturated heterocycles. The van der Waals surface area contributed by atoms with Gasteiger partial charge in [-0.25, -0.2) is 15.6 Å². The normalized spacial score (nSPS) is 43.6. The summed E-state index contributed by atoms with van der Waals surface area (Å²) < 4.78 is 5.69. The van der Waals surface area contributed by atoms with Gasteiger partial charge in [-0.2, -0.15) is 5.12 Å². The van der Waals surface area contributed by atoms with Gasteiger partial charge >= 0.3 is 5.97 Å². The minimum atomic E-state index is -1.37. The number of methoxy groups -OCH3 is 1. The second-order valence-corrected chi connectivity index (χ2v) is 19.0. The molecule has 3 amide bonds. The topological polar surface area (TPSA) is 176 Å². The summed E-state index contributed by atoms with van der Waals surface area (Å²) in [6, 6.07) is -1.61. The number of carbonyl (C=O) groups is 4. The lowest BCUT2D eigenvalue weighted by Crippen LogP contribution is -2.60. The van der Waals surface area contributed by atoms with E-state index < -0.39 is 29.5 Å². The van der Waals surface area contributed by atoms with Gasteiger partial charge in [0.25, 0.3) is 0 Å². The molecule has 8 rings (SSSR count). The van der Waals surface area contributed by atoms with Gasteiger partial charge in [0.2, 0.25) is 17.7 Å². The van der Waals surface area contributed by atoms with Crippen molar-refractivity contribution in [1.29, 1.82) is 0 Å². The second-order valence-electron chi connectivity index (χ2n) is 17.7. The van der Waals surface area contributed by atoms with E-state index in [0.717, 1.165) is 82.9 Å². The number of nitrogens with one attached hydrogen (secondary N) is 6. The summed E-state index contributed by atoms with van der Waals surface area (Å²) >= 11 is 1.93. The Bertz CT molecular complexity index is 1440. The highest BCUT2D eigenvalue weighted by atomic mass is 32.2. The summed E-state index contributed by atoms with van der Waals surface area (Å²) in [7, 11) is 1.80. The first-order valence-corrected chi connectivity index (χ1v) is 22.6. The zero-order valence-electron chi connectivity index (χ0n) is 32.5. The predicted octanol–water partition coefficient (Wildman–Crippen LogP) is 2.16. The number of aliphatic carboxylic acids is 1. The number of hydrogen-bond acceptors (Lipinski definition) is 11. The molecule has 3 aliphatic carbocycles. The maximum absolute atomic E-state index is 14.9. The monoisotopic (exact) mass is 784 g/mol. The fourth-order valence-electron chi connectivity index (χ4n) is 11.0. The second kappa shape index (κ2) is 17.3. The van der Waals surface area contributed by atoms with Crippen molar-refractivity contribution in [1.82, 2.24) is 42.1 Å². The van der Waals surface area contributed by atoms with Crippen LogP contribution in [0, 0.1) is 17.8 Å². The van der Waals surface area contributed by atoms with Crippen molar-refractivity contribution in [2.24, 2.45) is 17.8 Å². The van der Waals surface area contributed by atoms with Crippen LogP contribution in [-0.4, -0.2) is 124 Å². The van der Waals surface area contributed by atoms with Crippen LogP contribution < -0.4 is 32.1 Å². The van der Waals surface area contributed by atoms with Crippen molar-refractivity contribution in [3.63, 3.8) is 0 Å². The van der Waals surface area contributed by atoms with Crippen LogP contribution in [0.5, 0.6) is 0 Å². The van der Waals surface area contributed by atoms with E-state index in [2.05, 4.69) is 37.2 Å². The number of rotatable bonds is 7. The van der Waals surface area contributed by atoms with Crippen molar-refractivity contribution in [2.75, 3.05) is 26.0 Å². The van der Waals surface area contributed by atoms with Gasteiger partial charge in [0, 0.05) is 44.0 Å². The lowest BCUT2D eigenvalue weighted by atomic mass is 9.77. The van der Waals surface area contributed by atoms with Gasteiger partial charge in [-0.1, -0.05) is 37.8 Å². The van der Waals surface area contributed by atoms with Gasteiger partial charge in [0.05, 0.1) is 29.6 Å². The van der Waals surface area contributed by atoms with Crippen LogP contribution in [0.2, 0.25) is 0 Å². The Kier molecular flexibility index (Phi) is 12.4. The number of allylic oxidation sites excluding steroid dienone is 1. The average molecular weight is 785 g/mol. The third kappa shape index (κ3) is 8.49. The smallest absolute Gasteiger partial charge is 0.330 e. The van der Waals surface area contributed by atoms with E-state index in [1.54, 1.807) is 12.0 Å². The molecule has 8 aliphatic rings. The number of ether oxygens (including phenoxy) is 1. The van der Waals surface area contributed by atoms with Gasteiger partial charge in [-0.3, -0.25) is 14.4 Å². The zero-order valence-corrected chi connectivity index (χ0v) is 33.3. The quantitative estimate of drug-likeness (QED) is 0.188. The van der Waals surface area contributed by atoms with Crippen molar-refractivity contribution >= 4 is 35.5 Å². The summed E-state index contributed by atoms with van der Waals surface area (Å²) in [6.45, 7) is 1.23. The molecule has 0 aromatic carbocycles. The maximum atomic E-state index is 14.9. The van der Waals surface area contributed by atoms with Crippen LogP contribution in [0.4, 0.5) is 0 Å². The van der Waals surface area contributed by atoms with Crippen LogP contribution >= 0.6 is 11.8 Å². The molecule has 0 aromatic rings. The largest absolute Gasteiger partial charge is 0.479 e. The molecule has 306 valence electrons. The fraction of sp³-hybridized carbons (Fsp3) is 0.850. The first-order chi connectivity index (χ1) is 26.7. The van der Waals surface area contributed by atoms with E-state index >= 15 is 0 Å². The highest BCUT2D eigenvalue weighted by molar-refractivity contribution is 8.00. The third-order valence-corrected chi connectivity index (χ3v) is 15.6. The number of fused-ring (bicyclic) bond motifs is 3. The number of thioether (sulfide) groups is 1. The molecule has 0 aromatic heterocycles. The number of carbonyl (C=O) groups excluding carboxylic acids is 3. The Morgan fingerprint density at radius 3 is 2.51 bits per heavy atom.